The van der Waals surface area contributed by atoms with Gasteiger partial charge in [-0.15, -0.1) is 0 Å². The summed E-state index contributed by atoms with van der Waals surface area (Å²) in [6.07, 6.45) is 2.12. The van der Waals surface area contributed by atoms with Crippen LogP contribution >= 0.6 is 0 Å². The fraction of sp³-hybridized carbons (Fsp3) is 0.538. The minimum absolute atomic E-state index is 0.253. The number of β-amino-alcohol motifs (C(OH)–C–C–N with tert-alkyl or cyclic N) is 1. The molecule has 2 rings (SSSR count). The maximum absolute atomic E-state index is 9.44. The molecule has 1 N–H and O–H groups in total. The Kier molecular flexibility index (Phi) is 2.96. The summed E-state index contributed by atoms with van der Waals surface area (Å²) in [5, 5.41) is 9.44. The van der Waals surface area contributed by atoms with Crippen LogP contribution in [0.1, 0.15) is 24.5 Å². The molecule has 0 fully saturated rings. The lowest BCUT2D eigenvalue weighted by Crippen LogP contribution is -2.35. The highest BCUT2D eigenvalue weighted by molar-refractivity contribution is 5.56. The Hall–Kier alpha value is -1.02. The van der Waals surface area contributed by atoms with Crippen LogP contribution < -0.4 is 4.90 Å². The quantitative estimate of drug-likeness (QED) is 0.799. The summed E-state index contributed by atoms with van der Waals surface area (Å²) in [5.41, 5.74) is 4.07. The van der Waals surface area contributed by atoms with Gasteiger partial charge in [-0.05, 0) is 38.3 Å². The third-order valence-corrected chi connectivity index (χ3v) is 2.93. The SMILES string of the molecule is Cc1ccc2c(c1)CCCN2C[C@@H](C)O. The van der Waals surface area contributed by atoms with Gasteiger partial charge in [0.1, 0.15) is 0 Å². The number of aliphatic hydroxyl groups excluding tert-OH is 1. The van der Waals surface area contributed by atoms with E-state index >= 15 is 0 Å². The standard InChI is InChI=1S/C13H19NO/c1-10-5-6-13-12(8-10)4-3-7-14(13)9-11(2)15/h5-6,8,11,15H,3-4,7,9H2,1-2H3/t11-/m1/s1. The van der Waals surface area contributed by atoms with Crippen LogP contribution in [0.3, 0.4) is 0 Å². The second kappa shape index (κ2) is 4.23. The van der Waals surface area contributed by atoms with E-state index in [1.165, 1.54) is 29.7 Å². The van der Waals surface area contributed by atoms with Gasteiger partial charge in [-0.2, -0.15) is 0 Å². The average Bonchev–Trinajstić information content (AvgIpc) is 2.16. The lowest BCUT2D eigenvalue weighted by Gasteiger charge is -2.32. The molecule has 0 spiro atoms. The topological polar surface area (TPSA) is 23.5 Å². The van der Waals surface area contributed by atoms with Gasteiger partial charge in [-0.25, -0.2) is 0 Å². The zero-order valence-corrected chi connectivity index (χ0v) is 9.53. The van der Waals surface area contributed by atoms with Gasteiger partial charge in [0.15, 0.2) is 0 Å². The normalized spacial score (nSPS) is 17.4. The predicted molar refractivity (Wildman–Crippen MR) is 63.4 cm³/mol. The van der Waals surface area contributed by atoms with Crippen LogP contribution in [-0.2, 0) is 6.42 Å². The summed E-state index contributed by atoms with van der Waals surface area (Å²) in [5.74, 6) is 0. The number of aryl methyl sites for hydroxylation is 2. The second-order valence-electron chi connectivity index (χ2n) is 4.53. The van der Waals surface area contributed by atoms with Crippen LogP contribution in [0.2, 0.25) is 0 Å². The third-order valence-electron chi connectivity index (χ3n) is 2.93. The maximum atomic E-state index is 9.44. The highest BCUT2D eigenvalue weighted by atomic mass is 16.3. The van der Waals surface area contributed by atoms with Gasteiger partial charge >= 0.3 is 0 Å². The number of fused-ring (bicyclic) bond motifs is 1. The molecule has 15 heavy (non-hydrogen) atoms. The molecule has 0 unspecified atom stereocenters. The molecule has 82 valence electrons. The van der Waals surface area contributed by atoms with E-state index in [4.69, 9.17) is 0 Å². The van der Waals surface area contributed by atoms with E-state index in [1.807, 2.05) is 6.92 Å². The smallest absolute Gasteiger partial charge is 0.0687 e. The van der Waals surface area contributed by atoms with E-state index in [0.717, 1.165) is 13.1 Å². The molecule has 1 atom stereocenters. The monoisotopic (exact) mass is 205 g/mol. The maximum Gasteiger partial charge on any atom is 0.0687 e. The van der Waals surface area contributed by atoms with Gasteiger partial charge in [0.05, 0.1) is 6.10 Å². The molecule has 1 aromatic carbocycles. The van der Waals surface area contributed by atoms with E-state index in [-0.39, 0.29) is 6.10 Å². The fourth-order valence-corrected chi connectivity index (χ4v) is 2.31. The minimum atomic E-state index is -0.253. The van der Waals surface area contributed by atoms with Gasteiger partial charge in [-0.1, -0.05) is 17.7 Å². The molecule has 0 saturated heterocycles. The summed E-state index contributed by atoms with van der Waals surface area (Å²) in [7, 11) is 0. The van der Waals surface area contributed by atoms with Crippen molar-refractivity contribution in [3.8, 4) is 0 Å². The van der Waals surface area contributed by atoms with Gasteiger partial charge in [0.25, 0.3) is 0 Å². The van der Waals surface area contributed by atoms with Crippen LogP contribution in [0.25, 0.3) is 0 Å². The molecule has 1 aromatic rings. The third kappa shape index (κ3) is 2.32. The Morgan fingerprint density at radius 3 is 3.00 bits per heavy atom. The molecule has 2 heteroatoms. The fourth-order valence-electron chi connectivity index (χ4n) is 2.31. The van der Waals surface area contributed by atoms with Crippen LogP contribution in [0.5, 0.6) is 0 Å². The van der Waals surface area contributed by atoms with E-state index < -0.39 is 0 Å². The molecule has 0 aromatic heterocycles. The number of anilines is 1. The molecular weight excluding hydrogens is 186 g/mol. The number of nitrogens with zero attached hydrogens (tertiary/aromatic N) is 1. The summed E-state index contributed by atoms with van der Waals surface area (Å²) in [6, 6.07) is 6.61. The average molecular weight is 205 g/mol. The number of hydrogen-bond donors (Lipinski definition) is 1. The van der Waals surface area contributed by atoms with Crippen LogP contribution in [0.15, 0.2) is 18.2 Å². The molecule has 0 radical (unpaired) electrons. The van der Waals surface area contributed by atoms with Crippen LogP contribution in [0, 0.1) is 6.92 Å². The molecule has 0 bridgehead atoms. The van der Waals surface area contributed by atoms with Crippen molar-refractivity contribution in [1.82, 2.24) is 0 Å². The first-order chi connectivity index (χ1) is 7.16. The van der Waals surface area contributed by atoms with Gasteiger partial charge in [-0.3, -0.25) is 0 Å². The van der Waals surface area contributed by atoms with E-state index in [1.54, 1.807) is 0 Å². The summed E-state index contributed by atoms with van der Waals surface area (Å²) < 4.78 is 0. The predicted octanol–water partition coefficient (Wildman–Crippen LogP) is 2.13. The number of hydrogen-bond acceptors (Lipinski definition) is 2. The van der Waals surface area contributed by atoms with Crippen molar-refractivity contribution in [3.63, 3.8) is 0 Å². The second-order valence-corrected chi connectivity index (χ2v) is 4.53. The van der Waals surface area contributed by atoms with Gasteiger partial charge in [0, 0.05) is 18.8 Å². The molecule has 0 saturated carbocycles. The zero-order chi connectivity index (χ0) is 10.8. The summed E-state index contributed by atoms with van der Waals surface area (Å²) in [6.45, 7) is 5.80. The molecule has 2 nitrogen and oxygen atoms in total. The van der Waals surface area contributed by atoms with Gasteiger partial charge < -0.3 is 10.0 Å². The lowest BCUT2D eigenvalue weighted by molar-refractivity contribution is 0.199. The molecule has 1 aliphatic rings. The van der Waals surface area contributed by atoms with Crippen molar-refractivity contribution < 1.29 is 5.11 Å². The Bertz CT molecular complexity index is 346. The summed E-state index contributed by atoms with van der Waals surface area (Å²) in [4.78, 5) is 2.29. The van der Waals surface area contributed by atoms with Gasteiger partial charge in [0.2, 0.25) is 0 Å². The zero-order valence-electron chi connectivity index (χ0n) is 9.53. The first-order valence-electron chi connectivity index (χ1n) is 5.69. The number of benzene rings is 1. The van der Waals surface area contributed by atoms with E-state index in [2.05, 4.69) is 30.0 Å². The van der Waals surface area contributed by atoms with Crippen LogP contribution in [0.4, 0.5) is 5.69 Å². The summed E-state index contributed by atoms with van der Waals surface area (Å²) >= 11 is 0. The Labute approximate surface area is 91.5 Å². The molecule has 0 amide bonds. The van der Waals surface area contributed by atoms with Crippen LogP contribution in [-0.4, -0.2) is 24.3 Å². The van der Waals surface area contributed by atoms with Crippen molar-refractivity contribution in [2.45, 2.75) is 32.8 Å². The van der Waals surface area contributed by atoms with E-state index in [0.29, 0.717) is 0 Å². The first kappa shape index (κ1) is 10.5. The van der Waals surface area contributed by atoms with E-state index in [9.17, 15) is 5.11 Å². The van der Waals surface area contributed by atoms with Crippen molar-refractivity contribution in [2.75, 3.05) is 18.0 Å². The Balaban J connectivity index is 2.26. The highest BCUT2D eigenvalue weighted by Crippen LogP contribution is 2.27. The molecular formula is C13H19NO. The van der Waals surface area contributed by atoms with Crippen molar-refractivity contribution in [3.05, 3.63) is 29.3 Å². The first-order valence-corrected chi connectivity index (χ1v) is 5.69. The largest absolute Gasteiger partial charge is 0.392 e. The molecule has 0 aliphatic carbocycles. The van der Waals surface area contributed by atoms with Crippen molar-refractivity contribution in [1.29, 1.82) is 0 Å². The Morgan fingerprint density at radius 1 is 1.47 bits per heavy atom. The van der Waals surface area contributed by atoms with Crippen molar-refractivity contribution in [2.24, 2.45) is 0 Å². The number of aliphatic hydroxyl groups is 1. The highest BCUT2D eigenvalue weighted by Gasteiger charge is 2.17. The number of rotatable bonds is 2. The van der Waals surface area contributed by atoms with Crippen molar-refractivity contribution >= 4 is 5.69 Å². The Morgan fingerprint density at radius 2 is 2.27 bits per heavy atom. The minimum Gasteiger partial charge on any atom is -0.392 e. The molecule has 1 heterocycles. The molecule has 1 aliphatic heterocycles. The lowest BCUT2D eigenvalue weighted by atomic mass is 9.99.